The fourth-order valence-electron chi connectivity index (χ4n) is 2.19. The Morgan fingerprint density at radius 3 is 2.71 bits per heavy atom. The maximum atomic E-state index is 8.90. The van der Waals surface area contributed by atoms with Crippen LogP contribution in [0.15, 0.2) is 36.7 Å². The number of hydrogen-bond acceptors (Lipinski definition) is 4. The highest BCUT2D eigenvalue weighted by atomic mass is 16.3. The van der Waals surface area contributed by atoms with Crippen molar-refractivity contribution in [2.45, 2.75) is 38.5 Å². The fourth-order valence-corrected chi connectivity index (χ4v) is 2.19. The van der Waals surface area contributed by atoms with Gasteiger partial charge in [-0.3, -0.25) is 4.68 Å². The molecule has 5 heteroatoms. The average Bonchev–Trinajstić information content (AvgIpc) is 3.08. The molecule has 1 aliphatic carbocycles. The molecule has 3 rings (SSSR count). The van der Waals surface area contributed by atoms with Gasteiger partial charge in [-0.1, -0.05) is 24.3 Å². The van der Waals surface area contributed by atoms with E-state index in [-0.39, 0.29) is 6.61 Å². The molecule has 1 aromatic carbocycles. The Labute approximate surface area is 125 Å². The Kier molecular flexibility index (Phi) is 5.36. The highest BCUT2D eigenvalue weighted by Gasteiger charge is 2.34. The van der Waals surface area contributed by atoms with E-state index in [4.69, 9.17) is 10.8 Å². The Morgan fingerprint density at radius 2 is 2.24 bits per heavy atom. The minimum absolute atomic E-state index is 0.121. The Morgan fingerprint density at radius 1 is 1.48 bits per heavy atom. The number of hydrogen-bond donors (Lipinski definition) is 3. The largest absolute Gasteiger partial charge is 0.392 e. The van der Waals surface area contributed by atoms with Crippen LogP contribution in [0.5, 0.6) is 0 Å². The smallest absolute Gasteiger partial charge is 0.0723 e. The molecule has 2 aromatic rings. The summed E-state index contributed by atoms with van der Waals surface area (Å²) in [4.78, 5) is 0. The lowest BCUT2D eigenvalue weighted by Crippen LogP contribution is -2.01. The lowest BCUT2D eigenvalue weighted by atomic mass is 10.1. The van der Waals surface area contributed by atoms with Gasteiger partial charge in [0, 0.05) is 31.7 Å². The molecule has 0 aliphatic heterocycles. The molecule has 4 N–H and O–H groups in total. The van der Waals surface area contributed by atoms with E-state index in [1.165, 1.54) is 5.56 Å². The molecule has 0 bridgehead atoms. The van der Waals surface area contributed by atoms with Crippen LogP contribution in [0.1, 0.15) is 30.4 Å². The summed E-state index contributed by atoms with van der Waals surface area (Å²) >= 11 is 0. The molecule has 0 saturated heterocycles. The molecule has 1 saturated carbocycles. The molecule has 5 nitrogen and oxygen atoms in total. The predicted molar refractivity (Wildman–Crippen MR) is 85.1 cm³/mol. The van der Waals surface area contributed by atoms with Gasteiger partial charge in [-0.15, -0.1) is 0 Å². The number of anilines is 1. The van der Waals surface area contributed by atoms with Crippen molar-refractivity contribution in [3.8, 4) is 0 Å². The SMILES string of the molecule is CCn1cc(NC)cn1.NC1CC1c1cccc(CO)c1. The number of nitrogens with one attached hydrogen (secondary N) is 1. The first-order chi connectivity index (χ1) is 10.2. The summed E-state index contributed by atoms with van der Waals surface area (Å²) in [6.45, 7) is 3.11. The molecular formula is C16H24N4O. The number of aliphatic hydroxyl groups excluding tert-OH is 1. The van der Waals surface area contributed by atoms with E-state index in [1.807, 2.05) is 42.3 Å². The van der Waals surface area contributed by atoms with Gasteiger partial charge in [0.05, 0.1) is 18.5 Å². The van der Waals surface area contributed by atoms with E-state index in [1.54, 1.807) is 0 Å². The summed E-state index contributed by atoms with van der Waals surface area (Å²) < 4.78 is 1.88. The highest BCUT2D eigenvalue weighted by molar-refractivity contribution is 5.36. The third-order valence-electron chi connectivity index (χ3n) is 3.65. The number of aryl methyl sites for hydroxylation is 1. The van der Waals surface area contributed by atoms with Crippen LogP contribution < -0.4 is 11.1 Å². The predicted octanol–water partition coefficient (Wildman–Crippen LogP) is 1.94. The number of benzene rings is 1. The summed E-state index contributed by atoms with van der Waals surface area (Å²) in [5.41, 5.74) is 9.04. The summed E-state index contributed by atoms with van der Waals surface area (Å²) in [7, 11) is 1.89. The van der Waals surface area contributed by atoms with Crippen LogP contribution in [0.25, 0.3) is 0 Å². The zero-order valence-electron chi connectivity index (χ0n) is 12.7. The molecule has 0 amide bonds. The number of nitrogens with zero attached hydrogens (tertiary/aromatic N) is 2. The van der Waals surface area contributed by atoms with E-state index in [0.717, 1.165) is 24.2 Å². The van der Waals surface area contributed by atoms with Gasteiger partial charge in [-0.2, -0.15) is 5.10 Å². The first-order valence-corrected chi connectivity index (χ1v) is 7.33. The van der Waals surface area contributed by atoms with E-state index < -0.39 is 0 Å². The molecule has 21 heavy (non-hydrogen) atoms. The Bertz CT molecular complexity index is 548. The quantitative estimate of drug-likeness (QED) is 0.803. The zero-order chi connectivity index (χ0) is 15.2. The van der Waals surface area contributed by atoms with Crippen molar-refractivity contribution < 1.29 is 5.11 Å². The van der Waals surface area contributed by atoms with Crippen molar-refractivity contribution in [2.24, 2.45) is 5.73 Å². The van der Waals surface area contributed by atoms with Gasteiger partial charge < -0.3 is 16.2 Å². The van der Waals surface area contributed by atoms with Gasteiger partial charge in [0.15, 0.2) is 0 Å². The summed E-state index contributed by atoms with van der Waals surface area (Å²) in [5, 5.41) is 16.0. The van der Waals surface area contributed by atoms with Crippen LogP contribution in [0.3, 0.4) is 0 Å². The number of nitrogens with two attached hydrogens (primary N) is 1. The molecule has 2 atom stereocenters. The number of rotatable bonds is 4. The minimum atomic E-state index is 0.121. The highest BCUT2D eigenvalue weighted by Crippen LogP contribution is 2.38. The lowest BCUT2D eigenvalue weighted by molar-refractivity contribution is 0.281. The topological polar surface area (TPSA) is 76.1 Å². The standard InChI is InChI=1S/C10H13NO.C6H11N3/c11-10-5-9(10)8-3-1-2-7(4-8)6-12;1-3-9-5-6(7-2)4-8-9/h1-4,9-10,12H,5-6,11H2;4-5,7H,3H2,1-2H3. The molecule has 0 radical (unpaired) electrons. The second-order valence-corrected chi connectivity index (χ2v) is 5.24. The van der Waals surface area contributed by atoms with E-state index in [9.17, 15) is 0 Å². The van der Waals surface area contributed by atoms with Crippen molar-refractivity contribution in [2.75, 3.05) is 12.4 Å². The maximum absolute atomic E-state index is 8.90. The zero-order valence-corrected chi connectivity index (χ0v) is 12.7. The van der Waals surface area contributed by atoms with Crippen molar-refractivity contribution in [3.05, 3.63) is 47.8 Å². The number of aliphatic hydroxyl groups is 1. The molecule has 1 heterocycles. The average molecular weight is 288 g/mol. The van der Waals surface area contributed by atoms with E-state index in [2.05, 4.69) is 23.4 Å². The van der Waals surface area contributed by atoms with E-state index >= 15 is 0 Å². The van der Waals surface area contributed by atoms with Crippen LogP contribution in [0.4, 0.5) is 5.69 Å². The maximum Gasteiger partial charge on any atom is 0.0723 e. The first-order valence-electron chi connectivity index (χ1n) is 7.33. The molecule has 1 fully saturated rings. The monoisotopic (exact) mass is 288 g/mol. The summed E-state index contributed by atoms with van der Waals surface area (Å²) in [5.74, 6) is 0.538. The van der Waals surface area contributed by atoms with Crippen molar-refractivity contribution in [3.63, 3.8) is 0 Å². The molecule has 1 aromatic heterocycles. The number of aromatic nitrogens is 2. The van der Waals surface area contributed by atoms with Crippen molar-refractivity contribution in [1.29, 1.82) is 0 Å². The molecular weight excluding hydrogens is 264 g/mol. The van der Waals surface area contributed by atoms with Gasteiger partial charge >= 0.3 is 0 Å². The van der Waals surface area contributed by atoms with Crippen molar-refractivity contribution >= 4 is 5.69 Å². The normalized spacial score (nSPS) is 19.6. The second kappa shape index (κ2) is 7.24. The van der Waals surface area contributed by atoms with Gasteiger partial charge in [0.2, 0.25) is 0 Å². The third kappa shape index (κ3) is 4.31. The second-order valence-electron chi connectivity index (χ2n) is 5.24. The van der Waals surface area contributed by atoms with Gasteiger partial charge in [-0.05, 0) is 24.5 Å². The Hall–Kier alpha value is -1.85. The Balaban J connectivity index is 0.000000161. The molecule has 114 valence electrons. The third-order valence-corrected chi connectivity index (χ3v) is 3.65. The van der Waals surface area contributed by atoms with Crippen LogP contribution in [0, 0.1) is 0 Å². The van der Waals surface area contributed by atoms with Crippen LogP contribution in [-0.4, -0.2) is 28.0 Å². The molecule has 1 aliphatic rings. The summed E-state index contributed by atoms with van der Waals surface area (Å²) in [6.07, 6.45) is 4.87. The van der Waals surface area contributed by atoms with Gasteiger partial charge in [-0.25, -0.2) is 0 Å². The van der Waals surface area contributed by atoms with Gasteiger partial charge in [0.1, 0.15) is 0 Å². The first kappa shape index (κ1) is 15.5. The molecule has 2 unspecified atom stereocenters. The van der Waals surface area contributed by atoms with E-state index in [0.29, 0.717) is 12.0 Å². The fraction of sp³-hybridized carbons (Fsp3) is 0.438. The molecule has 0 spiro atoms. The minimum Gasteiger partial charge on any atom is -0.392 e. The summed E-state index contributed by atoms with van der Waals surface area (Å²) in [6, 6.07) is 8.37. The lowest BCUT2D eigenvalue weighted by Gasteiger charge is -2.00. The van der Waals surface area contributed by atoms with Crippen molar-refractivity contribution in [1.82, 2.24) is 9.78 Å². The van der Waals surface area contributed by atoms with Crippen LogP contribution >= 0.6 is 0 Å². The van der Waals surface area contributed by atoms with Crippen LogP contribution in [0.2, 0.25) is 0 Å². The van der Waals surface area contributed by atoms with Gasteiger partial charge in [0.25, 0.3) is 0 Å². The van der Waals surface area contributed by atoms with Crippen LogP contribution in [-0.2, 0) is 13.2 Å².